The van der Waals surface area contributed by atoms with Crippen molar-refractivity contribution in [2.45, 2.75) is 19.4 Å². The molecule has 0 aromatic heterocycles. The van der Waals surface area contributed by atoms with E-state index in [2.05, 4.69) is 46.1 Å². The third-order valence-corrected chi connectivity index (χ3v) is 4.43. The van der Waals surface area contributed by atoms with Crippen LogP contribution in [0.4, 0.5) is 0 Å². The molecule has 0 aromatic rings. The highest BCUT2D eigenvalue weighted by atomic mass is 32.2. The molecule has 0 saturated heterocycles. The van der Waals surface area contributed by atoms with E-state index >= 15 is 0 Å². The third-order valence-electron chi connectivity index (χ3n) is 3.34. The van der Waals surface area contributed by atoms with Crippen LogP contribution in [-0.4, -0.2) is 73.0 Å². The van der Waals surface area contributed by atoms with Crippen LogP contribution in [0.5, 0.6) is 0 Å². The minimum atomic E-state index is 0.475. The van der Waals surface area contributed by atoms with Crippen molar-refractivity contribution in [1.82, 2.24) is 15.1 Å². The van der Waals surface area contributed by atoms with Crippen LogP contribution in [0.25, 0.3) is 0 Å². The second-order valence-corrected chi connectivity index (χ2v) is 5.80. The second kappa shape index (κ2) is 6.31. The number of amidine groups is 1. The van der Waals surface area contributed by atoms with Gasteiger partial charge in [-0.2, -0.15) is 0 Å². The van der Waals surface area contributed by atoms with E-state index in [4.69, 9.17) is 0 Å². The van der Waals surface area contributed by atoms with Crippen molar-refractivity contribution in [2.75, 3.05) is 46.0 Å². The van der Waals surface area contributed by atoms with Gasteiger partial charge in [-0.1, -0.05) is 11.8 Å². The summed E-state index contributed by atoms with van der Waals surface area (Å²) in [5.74, 6) is 2.17. The van der Waals surface area contributed by atoms with Gasteiger partial charge in [0.1, 0.15) is 0 Å². The van der Waals surface area contributed by atoms with E-state index in [1.54, 1.807) is 0 Å². The summed E-state index contributed by atoms with van der Waals surface area (Å²) in [6, 6.07) is 0.475. The van der Waals surface area contributed by atoms with E-state index in [1.807, 2.05) is 11.8 Å². The number of thioether (sulfide) groups is 1. The van der Waals surface area contributed by atoms with Crippen LogP contribution in [0.2, 0.25) is 0 Å². The Morgan fingerprint density at radius 3 is 2.83 bits per heavy atom. The molecule has 0 saturated carbocycles. The molecule has 1 atom stereocenters. The molecule has 0 bridgehead atoms. The normalized spacial score (nSPS) is 22.5. The minimum absolute atomic E-state index is 0.475. The number of hydrogen-bond donors (Lipinski definition) is 1. The Labute approximate surface area is 114 Å². The van der Waals surface area contributed by atoms with Gasteiger partial charge in [0.05, 0.1) is 19.1 Å². The molecule has 0 fully saturated rings. The van der Waals surface area contributed by atoms with Gasteiger partial charge in [-0.05, 0) is 13.3 Å². The fraction of sp³-hybridized carbons (Fsp3) is 0.833. The number of aliphatic imine (C=N–C) groups is 2. The largest absolute Gasteiger partial charge is 0.354 e. The van der Waals surface area contributed by atoms with Crippen molar-refractivity contribution in [3.63, 3.8) is 0 Å². The Morgan fingerprint density at radius 1 is 1.33 bits per heavy atom. The molecule has 2 aliphatic heterocycles. The lowest BCUT2D eigenvalue weighted by atomic mass is 10.2. The molecule has 2 rings (SSSR count). The van der Waals surface area contributed by atoms with Gasteiger partial charge >= 0.3 is 0 Å². The summed E-state index contributed by atoms with van der Waals surface area (Å²) in [6.07, 6.45) is 1.11. The van der Waals surface area contributed by atoms with Crippen LogP contribution >= 0.6 is 11.8 Å². The smallest absolute Gasteiger partial charge is 0.194 e. The Balaban J connectivity index is 1.70. The lowest BCUT2D eigenvalue weighted by Gasteiger charge is -2.22. The quantitative estimate of drug-likeness (QED) is 0.815. The maximum Gasteiger partial charge on any atom is 0.194 e. The molecule has 0 aromatic carbocycles. The van der Waals surface area contributed by atoms with E-state index < -0.39 is 0 Å². The van der Waals surface area contributed by atoms with Crippen LogP contribution in [-0.2, 0) is 0 Å². The lowest BCUT2D eigenvalue weighted by molar-refractivity contribution is 0.446. The average molecular weight is 269 g/mol. The first-order valence-electron chi connectivity index (χ1n) is 6.61. The maximum absolute atomic E-state index is 4.54. The summed E-state index contributed by atoms with van der Waals surface area (Å²) in [4.78, 5) is 13.4. The van der Waals surface area contributed by atoms with E-state index in [9.17, 15) is 0 Å². The SMILES string of the molecule is CCN(C)C1=NCC(CCN(C)C2=NCCS2)N1. The molecule has 2 aliphatic rings. The highest BCUT2D eigenvalue weighted by Crippen LogP contribution is 2.15. The summed E-state index contributed by atoms with van der Waals surface area (Å²) in [7, 11) is 4.20. The fourth-order valence-electron chi connectivity index (χ4n) is 2.01. The van der Waals surface area contributed by atoms with Gasteiger partial charge in [0.25, 0.3) is 0 Å². The molecule has 0 aliphatic carbocycles. The molecule has 1 unspecified atom stereocenters. The number of hydrogen-bond acceptors (Lipinski definition) is 6. The molecular formula is C12H23N5S. The summed E-state index contributed by atoms with van der Waals surface area (Å²) < 4.78 is 0. The molecular weight excluding hydrogens is 246 g/mol. The Morgan fingerprint density at radius 2 is 2.17 bits per heavy atom. The molecule has 1 N–H and O–H groups in total. The Hall–Kier alpha value is -0.910. The molecule has 2 heterocycles. The Bertz CT molecular complexity index is 341. The predicted molar refractivity (Wildman–Crippen MR) is 79.5 cm³/mol. The monoisotopic (exact) mass is 269 g/mol. The topological polar surface area (TPSA) is 43.2 Å². The van der Waals surface area contributed by atoms with E-state index in [0.717, 1.165) is 44.3 Å². The van der Waals surface area contributed by atoms with E-state index in [0.29, 0.717) is 6.04 Å². The summed E-state index contributed by atoms with van der Waals surface area (Å²) in [6.45, 7) is 6.04. The summed E-state index contributed by atoms with van der Waals surface area (Å²) in [5.41, 5.74) is 0. The van der Waals surface area contributed by atoms with Gasteiger partial charge in [0.2, 0.25) is 0 Å². The van der Waals surface area contributed by atoms with Crippen LogP contribution in [0.1, 0.15) is 13.3 Å². The zero-order valence-electron chi connectivity index (χ0n) is 11.5. The second-order valence-electron chi connectivity index (χ2n) is 4.74. The van der Waals surface area contributed by atoms with Gasteiger partial charge in [-0.25, -0.2) is 0 Å². The average Bonchev–Trinajstić information content (AvgIpc) is 3.05. The van der Waals surface area contributed by atoms with Crippen molar-refractivity contribution >= 4 is 22.9 Å². The van der Waals surface area contributed by atoms with Crippen LogP contribution < -0.4 is 5.32 Å². The number of rotatable bonds is 4. The number of nitrogens with zero attached hydrogens (tertiary/aromatic N) is 4. The van der Waals surface area contributed by atoms with Crippen molar-refractivity contribution < 1.29 is 0 Å². The lowest BCUT2D eigenvalue weighted by Crippen LogP contribution is -2.41. The summed E-state index contributed by atoms with van der Waals surface area (Å²) in [5, 5.41) is 4.68. The van der Waals surface area contributed by atoms with Gasteiger partial charge in [-0.3, -0.25) is 9.98 Å². The number of nitrogens with one attached hydrogen (secondary N) is 1. The minimum Gasteiger partial charge on any atom is -0.354 e. The van der Waals surface area contributed by atoms with Gasteiger partial charge < -0.3 is 15.1 Å². The summed E-state index contributed by atoms with van der Waals surface area (Å²) >= 11 is 1.86. The van der Waals surface area contributed by atoms with Crippen LogP contribution in [0.15, 0.2) is 9.98 Å². The first-order valence-corrected chi connectivity index (χ1v) is 7.59. The third kappa shape index (κ3) is 3.31. The molecule has 0 spiro atoms. The zero-order chi connectivity index (χ0) is 13.0. The molecule has 6 heteroatoms. The van der Waals surface area contributed by atoms with Crippen LogP contribution in [0, 0.1) is 0 Å². The highest BCUT2D eigenvalue weighted by Gasteiger charge is 2.20. The zero-order valence-corrected chi connectivity index (χ0v) is 12.3. The van der Waals surface area contributed by atoms with E-state index in [-0.39, 0.29) is 0 Å². The molecule has 102 valence electrons. The first-order chi connectivity index (χ1) is 8.70. The van der Waals surface area contributed by atoms with Gasteiger partial charge in [0.15, 0.2) is 11.1 Å². The van der Waals surface area contributed by atoms with Crippen molar-refractivity contribution in [1.29, 1.82) is 0 Å². The predicted octanol–water partition coefficient (Wildman–Crippen LogP) is 0.691. The maximum atomic E-state index is 4.54. The van der Waals surface area contributed by atoms with E-state index in [1.165, 1.54) is 5.17 Å². The molecule has 5 nitrogen and oxygen atoms in total. The Kier molecular flexibility index (Phi) is 4.74. The van der Waals surface area contributed by atoms with Gasteiger partial charge in [-0.15, -0.1) is 0 Å². The number of guanidine groups is 1. The van der Waals surface area contributed by atoms with Gasteiger partial charge in [0, 0.05) is 32.9 Å². The van der Waals surface area contributed by atoms with Crippen molar-refractivity contribution in [3.8, 4) is 0 Å². The standard InChI is InChI=1S/C12H23N5S/c1-4-16(2)11-14-9-10(15-11)5-7-17(3)12-13-6-8-18-12/h10H,4-9H2,1-3H3,(H,14,15). The van der Waals surface area contributed by atoms with Crippen molar-refractivity contribution in [3.05, 3.63) is 0 Å². The van der Waals surface area contributed by atoms with Crippen molar-refractivity contribution in [2.24, 2.45) is 9.98 Å². The molecule has 18 heavy (non-hydrogen) atoms. The van der Waals surface area contributed by atoms with Crippen LogP contribution in [0.3, 0.4) is 0 Å². The molecule has 0 radical (unpaired) electrons. The molecule has 0 amide bonds. The highest BCUT2D eigenvalue weighted by molar-refractivity contribution is 8.14. The fourth-order valence-corrected chi connectivity index (χ4v) is 2.87. The first kappa shape index (κ1) is 13.5.